The van der Waals surface area contributed by atoms with Crippen LogP contribution in [-0.2, 0) is 14.6 Å². The summed E-state index contributed by atoms with van der Waals surface area (Å²) in [6, 6.07) is 0.310. The molecule has 0 aliphatic rings. The number of rotatable bonds is 10. The molecule has 0 saturated heterocycles. The topological polar surface area (TPSA) is 89.3 Å². The van der Waals surface area contributed by atoms with Gasteiger partial charge in [0, 0.05) is 12.6 Å². The molecule has 0 aromatic rings. The third-order valence-electron chi connectivity index (χ3n) is 2.51. The number of hydrogen-bond acceptors (Lipinski definition) is 4. The number of primary amides is 1. The summed E-state index contributed by atoms with van der Waals surface area (Å²) in [4.78, 5) is 10.5. The summed E-state index contributed by atoms with van der Waals surface area (Å²) in [6.45, 7) is 4.56. The monoisotopic (exact) mass is 264 g/mol. The maximum atomic E-state index is 11.3. The van der Waals surface area contributed by atoms with Crippen LogP contribution in [0.1, 0.15) is 39.5 Å². The molecule has 102 valence electrons. The summed E-state index contributed by atoms with van der Waals surface area (Å²) in [5.41, 5.74) is 4.85. The van der Waals surface area contributed by atoms with Gasteiger partial charge >= 0.3 is 0 Å². The highest BCUT2D eigenvalue weighted by Crippen LogP contribution is 2.02. The molecule has 0 fully saturated rings. The zero-order valence-electron chi connectivity index (χ0n) is 10.7. The molecular formula is C11H24N2O3S. The minimum atomic E-state index is -3.34. The van der Waals surface area contributed by atoms with Gasteiger partial charge in [-0.15, -0.1) is 0 Å². The number of carbonyl (C=O) groups is 1. The molecule has 0 heterocycles. The minimum Gasteiger partial charge on any atom is -0.369 e. The Morgan fingerprint density at radius 3 is 2.53 bits per heavy atom. The van der Waals surface area contributed by atoms with E-state index in [0.29, 0.717) is 12.6 Å². The van der Waals surface area contributed by atoms with Gasteiger partial charge in [-0.05, 0) is 13.3 Å². The van der Waals surface area contributed by atoms with Crippen molar-refractivity contribution in [3.8, 4) is 0 Å². The van der Waals surface area contributed by atoms with Crippen molar-refractivity contribution in [3.05, 3.63) is 0 Å². The molecule has 1 atom stereocenters. The Labute approximate surface area is 104 Å². The van der Waals surface area contributed by atoms with Gasteiger partial charge in [0.2, 0.25) is 5.91 Å². The van der Waals surface area contributed by atoms with Crippen molar-refractivity contribution in [2.45, 2.75) is 45.6 Å². The average Bonchev–Trinajstić information content (AvgIpc) is 2.15. The molecule has 17 heavy (non-hydrogen) atoms. The first kappa shape index (κ1) is 16.4. The first-order valence-electron chi connectivity index (χ1n) is 6.09. The molecule has 0 bridgehead atoms. The highest BCUT2D eigenvalue weighted by atomic mass is 32.2. The van der Waals surface area contributed by atoms with Crippen LogP contribution in [0.5, 0.6) is 0 Å². The fourth-order valence-electron chi connectivity index (χ4n) is 1.55. The van der Waals surface area contributed by atoms with Crippen molar-refractivity contribution in [1.29, 1.82) is 0 Å². The standard InChI is InChI=1S/C11H24N2O3S/c1-3-4-5-6-10(2)13-7-8-17(15,16)9-11(12)14/h10,13H,3-9H2,1-2H3,(H2,12,14). The second-order valence-corrected chi connectivity index (χ2v) is 6.59. The average molecular weight is 264 g/mol. The number of sulfone groups is 1. The molecular weight excluding hydrogens is 240 g/mol. The number of hydrogen-bond donors (Lipinski definition) is 2. The van der Waals surface area contributed by atoms with Gasteiger partial charge in [0.15, 0.2) is 9.84 Å². The molecule has 0 aromatic heterocycles. The summed E-state index contributed by atoms with van der Waals surface area (Å²) in [5, 5.41) is 3.14. The largest absolute Gasteiger partial charge is 0.369 e. The lowest BCUT2D eigenvalue weighted by atomic mass is 10.1. The Morgan fingerprint density at radius 2 is 2.00 bits per heavy atom. The third kappa shape index (κ3) is 10.3. The van der Waals surface area contributed by atoms with Crippen LogP contribution < -0.4 is 11.1 Å². The molecule has 5 nitrogen and oxygen atoms in total. The quantitative estimate of drug-likeness (QED) is 0.560. The van der Waals surface area contributed by atoms with E-state index in [-0.39, 0.29) is 5.75 Å². The number of amides is 1. The van der Waals surface area contributed by atoms with Crippen LogP contribution >= 0.6 is 0 Å². The van der Waals surface area contributed by atoms with Gasteiger partial charge in [-0.25, -0.2) is 8.42 Å². The fourth-order valence-corrected chi connectivity index (χ4v) is 2.56. The van der Waals surface area contributed by atoms with Gasteiger partial charge in [0.05, 0.1) is 5.75 Å². The maximum Gasteiger partial charge on any atom is 0.232 e. The summed E-state index contributed by atoms with van der Waals surface area (Å²) < 4.78 is 22.7. The van der Waals surface area contributed by atoms with Crippen LogP contribution in [0.3, 0.4) is 0 Å². The highest BCUT2D eigenvalue weighted by molar-refractivity contribution is 7.92. The lowest BCUT2D eigenvalue weighted by Gasteiger charge is -2.13. The van der Waals surface area contributed by atoms with Crippen molar-refractivity contribution < 1.29 is 13.2 Å². The molecule has 0 rings (SSSR count). The second kappa shape index (κ2) is 8.47. The minimum absolute atomic E-state index is 0.0337. The van der Waals surface area contributed by atoms with Gasteiger partial charge in [0.1, 0.15) is 5.75 Å². The first-order valence-corrected chi connectivity index (χ1v) is 7.91. The Kier molecular flexibility index (Phi) is 8.16. The van der Waals surface area contributed by atoms with E-state index in [1.165, 1.54) is 12.8 Å². The molecule has 0 radical (unpaired) electrons. The van der Waals surface area contributed by atoms with Crippen molar-refractivity contribution in [2.75, 3.05) is 18.1 Å². The smallest absolute Gasteiger partial charge is 0.232 e. The van der Waals surface area contributed by atoms with E-state index in [1.807, 2.05) is 6.92 Å². The van der Waals surface area contributed by atoms with Gasteiger partial charge in [-0.1, -0.05) is 26.2 Å². The van der Waals surface area contributed by atoms with Gasteiger partial charge < -0.3 is 11.1 Å². The molecule has 0 aliphatic heterocycles. The van der Waals surface area contributed by atoms with Crippen LogP contribution in [-0.4, -0.2) is 38.4 Å². The van der Waals surface area contributed by atoms with Crippen LogP contribution in [0.15, 0.2) is 0 Å². The van der Waals surface area contributed by atoms with E-state index in [9.17, 15) is 13.2 Å². The fraction of sp³-hybridized carbons (Fsp3) is 0.909. The Morgan fingerprint density at radius 1 is 1.35 bits per heavy atom. The Balaban J connectivity index is 3.72. The van der Waals surface area contributed by atoms with E-state index in [2.05, 4.69) is 12.2 Å². The number of nitrogens with two attached hydrogens (primary N) is 1. The van der Waals surface area contributed by atoms with Crippen LogP contribution in [0, 0.1) is 0 Å². The predicted octanol–water partition coefficient (Wildman–Crippen LogP) is 0.445. The summed E-state index contributed by atoms with van der Waals surface area (Å²) >= 11 is 0. The molecule has 6 heteroatoms. The number of unbranched alkanes of at least 4 members (excludes halogenated alkanes) is 2. The normalized spacial score (nSPS) is 13.5. The lowest BCUT2D eigenvalue weighted by molar-refractivity contribution is -0.115. The molecule has 1 amide bonds. The number of nitrogens with one attached hydrogen (secondary N) is 1. The van der Waals surface area contributed by atoms with E-state index >= 15 is 0 Å². The van der Waals surface area contributed by atoms with E-state index < -0.39 is 21.5 Å². The van der Waals surface area contributed by atoms with Gasteiger partial charge in [0.25, 0.3) is 0 Å². The Hall–Kier alpha value is -0.620. The van der Waals surface area contributed by atoms with Crippen LogP contribution in [0.2, 0.25) is 0 Å². The number of carbonyl (C=O) groups excluding carboxylic acids is 1. The van der Waals surface area contributed by atoms with E-state index in [0.717, 1.165) is 12.8 Å². The summed E-state index contributed by atoms with van der Waals surface area (Å²) in [7, 11) is -3.34. The van der Waals surface area contributed by atoms with Gasteiger partial charge in [-0.3, -0.25) is 4.79 Å². The van der Waals surface area contributed by atoms with Crippen molar-refractivity contribution >= 4 is 15.7 Å². The van der Waals surface area contributed by atoms with Crippen LogP contribution in [0.4, 0.5) is 0 Å². The second-order valence-electron chi connectivity index (χ2n) is 4.41. The molecule has 0 saturated carbocycles. The summed E-state index contributed by atoms with van der Waals surface area (Å²) in [5.74, 6) is -1.38. The Bertz CT molecular complexity index is 315. The first-order chi connectivity index (χ1) is 7.87. The molecule has 3 N–H and O–H groups in total. The zero-order valence-corrected chi connectivity index (χ0v) is 11.6. The molecule has 1 unspecified atom stereocenters. The zero-order chi connectivity index (χ0) is 13.3. The van der Waals surface area contributed by atoms with E-state index in [4.69, 9.17) is 5.73 Å². The van der Waals surface area contributed by atoms with E-state index in [1.54, 1.807) is 0 Å². The van der Waals surface area contributed by atoms with Crippen LogP contribution in [0.25, 0.3) is 0 Å². The van der Waals surface area contributed by atoms with Crippen molar-refractivity contribution in [2.24, 2.45) is 5.73 Å². The molecule has 0 spiro atoms. The molecule has 0 aromatic carbocycles. The maximum absolute atomic E-state index is 11.3. The predicted molar refractivity (Wildman–Crippen MR) is 69.5 cm³/mol. The highest BCUT2D eigenvalue weighted by Gasteiger charge is 2.14. The van der Waals surface area contributed by atoms with Gasteiger partial charge in [-0.2, -0.15) is 0 Å². The summed E-state index contributed by atoms with van der Waals surface area (Å²) in [6.07, 6.45) is 4.58. The SMILES string of the molecule is CCCCCC(C)NCCS(=O)(=O)CC(N)=O. The van der Waals surface area contributed by atoms with Crippen molar-refractivity contribution in [1.82, 2.24) is 5.32 Å². The lowest BCUT2D eigenvalue weighted by Crippen LogP contribution is -2.33. The molecule has 0 aliphatic carbocycles. The van der Waals surface area contributed by atoms with Crippen molar-refractivity contribution in [3.63, 3.8) is 0 Å². The third-order valence-corrected chi connectivity index (χ3v) is 4.06.